The molecular weight excluding hydrogens is 462 g/mol. The number of hydrogen-bond donors (Lipinski definition) is 1. The van der Waals surface area contributed by atoms with Crippen LogP contribution >= 0.6 is 0 Å². The van der Waals surface area contributed by atoms with Crippen molar-refractivity contribution in [2.24, 2.45) is 0 Å². The lowest BCUT2D eigenvalue weighted by Gasteiger charge is -2.32. The van der Waals surface area contributed by atoms with Gasteiger partial charge in [0.25, 0.3) is 0 Å². The largest absolute Gasteiger partial charge is 0.325 e. The number of rotatable bonds is 5. The number of nitrogens with zero attached hydrogens (tertiary/aromatic N) is 7. The Balaban J connectivity index is 1.23. The topological polar surface area (TPSA) is 75.0 Å². The summed E-state index contributed by atoms with van der Waals surface area (Å²) in [6.07, 6.45) is 4.69. The number of benzene rings is 1. The standard InChI is InChI=1S/C26H28F2N8/c1-16-3-6-23-32-25-19(27)11-18(12-21(25)36(16)23)24-20(28)14-30-26(33-24)31-22-5-4-17(13-29-22)15-35-9-7-34(2)8-10-35/h4-5,11-14,16H,3,6-10,15H2,1-2H3,(H,29,30,31,33). The summed E-state index contributed by atoms with van der Waals surface area (Å²) in [7, 11) is 2.14. The number of pyridine rings is 1. The lowest BCUT2D eigenvalue weighted by Crippen LogP contribution is -2.43. The Bertz CT molecular complexity index is 1410. The molecule has 1 atom stereocenters. The Kier molecular flexibility index (Phi) is 5.85. The van der Waals surface area contributed by atoms with Gasteiger partial charge in [-0.1, -0.05) is 6.07 Å². The van der Waals surface area contributed by atoms with Crippen LogP contribution in [0.4, 0.5) is 20.5 Å². The monoisotopic (exact) mass is 490 g/mol. The van der Waals surface area contributed by atoms with E-state index in [0.29, 0.717) is 22.4 Å². The van der Waals surface area contributed by atoms with Gasteiger partial charge < -0.3 is 14.8 Å². The molecule has 10 heteroatoms. The van der Waals surface area contributed by atoms with Crippen molar-refractivity contribution in [1.82, 2.24) is 34.3 Å². The van der Waals surface area contributed by atoms with Crippen LogP contribution in [0.2, 0.25) is 0 Å². The zero-order chi connectivity index (χ0) is 24.8. The molecule has 36 heavy (non-hydrogen) atoms. The zero-order valence-electron chi connectivity index (χ0n) is 20.4. The number of anilines is 2. The van der Waals surface area contributed by atoms with E-state index in [1.165, 1.54) is 6.07 Å². The molecule has 0 saturated carbocycles. The number of halogens is 2. The smallest absolute Gasteiger partial charge is 0.229 e. The van der Waals surface area contributed by atoms with E-state index in [0.717, 1.165) is 63.2 Å². The van der Waals surface area contributed by atoms with Gasteiger partial charge in [-0.05, 0) is 44.2 Å². The minimum atomic E-state index is -0.621. The lowest BCUT2D eigenvalue weighted by atomic mass is 10.1. The van der Waals surface area contributed by atoms with Crippen molar-refractivity contribution < 1.29 is 8.78 Å². The summed E-state index contributed by atoms with van der Waals surface area (Å²) in [6.45, 7) is 7.14. The number of fused-ring (bicyclic) bond motifs is 3. The van der Waals surface area contributed by atoms with E-state index in [1.807, 2.05) is 22.9 Å². The minimum Gasteiger partial charge on any atom is -0.325 e. The Morgan fingerprint density at radius 3 is 2.61 bits per heavy atom. The van der Waals surface area contributed by atoms with Crippen molar-refractivity contribution in [2.75, 3.05) is 38.5 Å². The van der Waals surface area contributed by atoms with Gasteiger partial charge in [0.05, 0.1) is 11.7 Å². The van der Waals surface area contributed by atoms with E-state index < -0.39 is 11.6 Å². The van der Waals surface area contributed by atoms with Crippen LogP contribution in [0.3, 0.4) is 0 Å². The van der Waals surface area contributed by atoms with E-state index in [1.54, 1.807) is 6.07 Å². The molecule has 1 fully saturated rings. The molecule has 186 valence electrons. The second-order valence-electron chi connectivity index (χ2n) is 9.76. The highest BCUT2D eigenvalue weighted by Gasteiger charge is 2.25. The maximum Gasteiger partial charge on any atom is 0.229 e. The van der Waals surface area contributed by atoms with Gasteiger partial charge in [-0.25, -0.2) is 28.7 Å². The van der Waals surface area contributed by atoms with Gasteiger partial charge in [0, 0.05) is 56.9 Å². The lowest BCUT2D eigenvalue weighted by molar-refractivity contribution is 0.148. The molecule has 4 aromatic rings. The summed E-state index contributed by atoms with van der Waals surface area (Å²) >= 11 is 0. The molecule has 0 amide bonds. The SMILES string of the molecule is CC1CCc2nc3c(F)cc(-c4nc(Nc5ccc(CN6CCN(C)CC6)cn5)ncc4F)cc3n21. The number of likely N-dealkylation sites (N-methyl/N-ethyl adjacent to an activating group) is 1. The average Bonchev–Trinajstić information content (AvgIpc) is 3.43. The maximum atomic E-state index is 14.9. The minimum absolute atomic E-state index is 0.0289. The summed E-state index contributed by atoms with van der Waals surface area (Å²) in [5.74, 6) is 0.504. The van der Waals surface area contributed by atoms with Gasteiger partial charge >= 0.3 is 0 Å². The van der Waals surface area contributed by atoms with E-state index in [9.17, 15) is 8.78 Å². The second-order valence-corrected chi connectivity index (χ2v) is 9.76. The quantitative estimate of drug-likeness (QED) is 0.450. The van der Waals surface area contributed by atoms with E-state index in [4.69, 9.17) is 0 Å². The number of piperazine rings is 1. The molecule has 1 unspecified atom stereocenters. The third kappa shape index (κ3) is 4.31. The molecule has 0 radical (unpaired) electrons. The molecule has 5 heterocycles. The fourth-order valence-corrected chi connectivity index (χ4v) is 5.07. The van der Waals surface area contributed by atoms with Crippen LogP contribution in [-0.4, -0.2) is 67.5 Å². The third-order valence-corrected chi connectivity index (χ3v) is 7.13. The average molecular weight is 491 g/mol. The summed E-state index contributed by atoms with van der Waals surface area (Å²) < 4.78 is 31.8. The Labute approximate surface area is 208 Å². The molecule has 8 nitrogen and oxygen atoms in total. The van der Waals surface area contributed by atoms with Gasteiger partial charge in [0.2, 0.25) is 5.95 Å². The van der Waals surface area contributed by atoms with E-state index >= 15 is 0 Å². The van der Waals surface area contributed by atoms with Gasteiger partial charge in [0.15, 0.2) is 11.6 Å². The third-order valence-electron chi connectivity index (χ3n) is 7.13. The highest BCUT2D eigenvalue weighted by Crippen LogP contribution is 2.34. The molecular formula is C26H28F2N8. The molecule has 6 rings (SSSR count). The molecule has 0 aliphatic carbocycles. The van der Waals surface area contributed by atoms with Crippen LogP contribution < -0.4 is 5.32 Å². The normalized spacial score (nSPS) is 18.6. The van der Waals surface area contributed by atoms with Gasteiger partial charge in [0.1, 0.15) is 22.9 Å². The molecule has 2 aliphatic rings. The van der Waals surface area contributed by atoms with Crippen LogP contribution in [0, 0.1) is 11.6 Å². The van der Waals surface area contributed by atoms with Gasteiger partial charge in [-0.3, -0.25) is 4.90 Å². The maximum absolute atomic E-state index is 14.9. The predicted molar refractivity (Wildman–Crippen MR) is 134 cm³/mol. The fraction of sp³-hybridized carbons (Fsp3) is 0.385. The Morgan fingerprint density at radius 1 is 1.00 bits per heavy atom. The van der Waals surface area contributed by atoms with Gasteiger partial charge in [-0.15, -0.1) is 0 Å². The van der Waals surface area contributed by atoms with Crippen LogP contribution in [0.1, 0.15) is 30.8 Å². The molecule has 1 aromatic carbocycles. The highest BCUT2D eigenvalue weighted by atomic mass is 19.1. The van der Waals surface area contributed by atoms with Crippen molar-refractivity contribution >= 4 is 22.8 Å². The van der Waals surface area contributed by atoms with E-state index in [2.05, 4.69) is 49.0 Å². The molecule has 1 saturated heterocycles. The van der Waals surface area contributed by atoms with Crippen LogP contribution in [0.25, 0.3) is 22.3 Å². The molecule has 0 spiro atoms. The van der Waals surface area contributed by atoms with Crippen molar-refractivity contribution in [1.29, 1.82) is 0 Å². The number of imidazole rings is 1. The predicted octanol–water partition coefficient (Wildman–Crippen LogP) is 4.16. The second kappa shape index (κ2) is 9.18. The summed E-state index contributed by atoms with van der Waals surface area (Å²) in [4.78, 5) is 22.1. The summed E-state index contributed by atoms with van der Waals surface area (Å²) in [6, 6.07) is 7.15. The summed E-state index contributed by atoms with van der Waals surface area (Å²) in [5.41, 5.74) is 2.47. The van der Waals surface area contributed by atoms with Crippen LogP contribution in [0.15, 0.2) is 36.7 Å². The molecule has 1 N–H and O–H groups in total. The van der Waals surface area contributed by atoms with Crippen molar-refractivity contribution in [3.63, 3.8) is 0 Å². The zero-order valence-corrected chi connectivity index (χ0v) is 20.4. The van der Waals surface area contributed by atoms with E-state index in [-0.39, 0.29) is 17.7 Å². The Hall–Kier alpha value is -3.50. The first kappa shape index (κ1) is 22.9. The molecule has 3 aromatic heterocycles. The van der Waals surface area contributed by atoms with Gasteiger partial charge in [-0.2, -0.15) is 0 Å². The number of nitrogens with one attached hydrogen (secondary N) is 1. The number of aryl methyl sites for hydroxylation is 1. The molecule has 2 aliphatic heterocycles. The first-order chi connectivity index (χ1) is 17.4. The van der Waals surface area contributed by atoms with Crippen LogP contribution in [0.5, 0.6) is 0 Å². The number of hydrogen-bond acceptors (Lipinski definition) is 7. The highest BCUT2D eigenvalue weighted by molar-refractivity contribution is 5.83. The van der Waals surface area contributed by atoms with Crippen molar-refractivity contribution in [2.45, 2.75) is 32.4 Å². The molecule has 0 bridgehead atoms. The summed E-state index contributed by atoms with van der Waals surface area (Å²) in [5, 5.41) is 3.04. The van der Waals surface area contributed by atoms with Crippen LogP contribution in [-0.2, 0) is 13.0 Å². The number of aromatic nitrogens is 5. The first-order valence-corrected chi connectivity index (χ1v) is 12.3. The van der Waals surface area contributed by atoms with Crippen molar-refractivity contribution in [3.05, 3.63) is 59.7 Å². The van der Waals surface area contributed by atoms with Crippen molar-refractivity contribution in [3.8, 4) is 11.3 Å². The first-order valence-electron chi connectivity index (χ1n) is 12.3. The fourth-order valence-electron chi connectivity index (χ4n) is 5.07. The Morgan fingerprint density at radius 2 is 1.83 bits per heavy atom.